The van der Waals surface area contributed by atoms with E-state index in [1.807, 2.05) is 66.7 Å². The molecule has 1 aliphatic rings. The van der Waals surface area contributed by atoms with Gasteiger partial charge in [0, 0.05) is 35.5 Å². The second-order valence-corrected chi connectivity index (χ2v) is 9.25. The Morgan fingerprint density at radius 3 is 2.10 bits per heavy atom. The lowest BCUT2D eigenvalue weighted by atomic mass is 9.94. The molecular formula is C32H32N4O3. The maximum absolute atomic E-state index is 13.7. The zero-order valence-corrected chi connectivity index (χ0v) is 21.7. The lowest BCUT2D eigenvalue weighted by Crippen LogP contribution is -2.47. The number of carbonyl (C=O) groups excluding carboxylic acids is 3. The third-order valence-corrected chi connectivity index (χ3v) is 6.43. The third-order valence-electron chi connectivity index (χ3n) is 6.43. The van der Waals surface area contributed by atoms with Gasteiger partial charge in [-0.1, -0.05) is 91.9 Å². The van der Waals surface area contributed by atoms with Gasteiger partial charge < -0.3 is 10.7 Å². The van der Waals surface area contributed by atoms with Crippen LogP contribution >= 0.6 is 0 Å². The van der Waals surface area contributed by atoms with Crippen LogP contribution in [-0.2, 0) is 14.4 Å². The summed E-state index contributed by atoms with van der Waals surface area (Å²) in [4.78, 5) is 40.8. The molecule has 0 saturated heterocycles. The molecule has 7 nitrogen and oxygen atoms in total. The first-order valence-corrected chi connectivity index (χ1v) is 13.1. The Morgan fingerprint density at radius 1 is 0.821 bits per heavy atom. The van der Waals surface area contributed by atoms with Crippen LogP contribution in [0.3, 0.4) is 0 Å². The zero-order valence-electron chi connectivity index (χ0n) is 21.7. The Kier molecular flexibility index (Phi) is 9.91. The molecule has 0 spiro atoms. The number of benzene rings is 3. The minimum atomic E-state index is -0.876. The van der Waals surface area contributed by atoms with E-state index in [9.17, 15) is 14.4 Å². The topological polar surface area (TPSA) is 90.5 Å². The first-order valence-electron chi connectivity index (χ1n) is 13.1. The van der Waals surface area contributed by atoms with E-state index in [1.165, 1.54) is 23.6 Å². The van der Waals surface area contributed by atoms with E-state index in [1.54, 1.807) is 24.3 Å². The number of hydrogen-bond acceptors (Lipinski definition) is 4. The lowest BCUT2D eigenvalue weighted by molar-refractivity contribution is -0.126. The summed E-state index contributed by atoms with van der Waals surface area (Å²) < 4.78 is 0. The Hall–Kier alpha value is -4.83. The van der Waals surface area contributed by atoms with Gasteiger partial charge in [-0.25, -0.2) is 0 Å². The number of anilines is 1. The molecule has 3 aromatic rings. The molecule has 39 heavy (non-hydrogen) atoms. The molecule has 1 aliphatic carbocycles. The van der Waals surface area contributed by atoms with Crippen molar-refractivity contribution in [3.63, 3.8) is 0 Å². The van der Waals surface area contributed by atoms with E-state index in [0.717, 1.165) is 31.2 Å². The van der Waals surface area contributed by atoms with Crippen molar-refractivity contribution in [2.24, 2.45) is 0 Å². The van der Waals surface area contributed by atoms with E-state index in [0.29, 0.717) is 11.3 Å². The van der Waals surface area contributed by atoms with Crippen LogP contribution in [-0.4, -0.2) is 23.8 Å². The van der Waals surface area contributed by atoms with Gasteiger partial charge in [-0.05, 0) is 42.7 Å². The minimum Gasteiger partial charge on any atom is -0.351 e. The van der Waals surface area contributed by atoms with E-state index >= 15 is 0 Å². The van der Waals surface area contributed by atoms with Crippen molar-refractivity contribution in [2.45, 2.75) is 44.2 Å². The van der Waals surface area contributed by atoms with Crippen LogP contribution < -0.4 is 21.1 Å². The van der Waals surface area contributed by atoms with E-state index in [-0.39, 0.29) is 11.9 Å². The fraction of sp³-hybridized carbons (Fsp3) is 0.219. The number of nitrogens with one attached hydrogen (secondary N) is 3. The summed E-state index contributed by atoms with van der Waals surface area (Å²) in [5, 5.41) is 3.19. The van der Waals surface area contributed by atoms with Crippen molar-refractivity contribution in [1.29, 1.82) is 0 Å². The van der Waals surface area contributed by atoms with Gasteiger partial charge in [0.2, 0.25) is 5.91 Å². The maximum atomic E-state index is 13.7. The summed E-state index contributed by atoms with van der Waals surface area (Å²) in [6.45, 7) is 0. The van der Waals surface area contributed by atoms with Crippen LogP contribution in [0.25, 0.3) is 0 Å². The molecule has 7 heteroatoms. The standard InChI is InChI=1S/C32H32N4O3/c37-29(22-21-25-13-5-1-6-14-25)35-33-24-23-30(38)36(28-19-11-4-12-20-28)31(26-15-7-2-8-16-26)32(39)34-27-17-9-3-10-18-27/h1-2,4-8,11-16,19-20,23-24,27,31,33H,3,9-10,17-18H2,(H,34,39)(H,35,37)/b24-23-. The van der Waals surface area contributed by atoms with Crippen LogP contribution in [0.5, 0.6) is 0 Å². The monoisotopic (exact) mass is 520 g/mol. The predicted molar refractivity (Wildman–Crippen MR) is 152 cm³/mol. The molecular weight excluding hydrogens is 488 g/mol. The van der Waals surface area contributed by atoms with Crippen molar-refractivity contribution in [1.82, 2.24) is 16.2 Å². The van der Waals surface area contributed by atoms with Crippen molar-refractivity contribution >= 4 is 23.4 Å². The average Bonchev–Trinajstić information content (AvgIpc) is 2.98. The van der Waals surface area contributed by atoms with Gasteiger partial charge >= 0.3 is 5.91 Å². The second-order valence-electron chi connectivity index (χ2n) is 9.25. The molecule has 3 amide bonds. The summed E-state index contributed by atoms with van der Waals surface area (Å²) in [5.74, 6) is 4.05. The smallest absolute Gasteiger partial charge is 0.314 e. The van der Waals surface area contributed by atoms with Crippen LogP contribution in [0.1, 0.15) is 49.3 Å². The number of nitrogens with zero attached hydrogens (tertiary/aromatic N) is 1. The van der Waals surface area contributed by atoms with Crippen LogP contribution in [0.2, 0.25) is 0 Å². The quantitative estimate of drug-likeness (QED) is 0.233. The van der Waals surface area contributed by atoms with Crippen molar-refractivity contribution in [3.05, 3.63) is 114 Å². The molecule has 3 aromatic carbocycles. The third kappa shape index (κ3) is 8.08. The first kappa shape index (κ1) is 27.2. The molecule has 4 rings (SSSR count). The predicted octanol–water partition coefficient (Wildman–Crippen LogP) is 4.40. The average molecular weight is 521 g/mol. The summed E-state index contributed by atoms with van der Waals surface area (Å²) in [6, 6.07) is 26.7. The fourth-order valence-corrected chi connectivity index (χ4v) is 4.55. The Balaban J connectivity index is 1.52. The van der Waals surface area contributed by atoms with Crippen molar-refractivity contribution in [2.75, 3.05) is 4.90 Å². The fourth-order valence-electron chi connectivity index (χ4n) is 4.55. The first-order chi connectivity index (χ1) is 19.1. The molecule has 1 saturated carbocycles. The maximum Gasteiger partial charge on any atom is 0.314 e. The van der Waals surface area contributed by atoms with Crippen LogP contribution in [0, 0.1) is 11.8 Å². The van der Waals surface area contributed by atoms with Gasteiger partial charge in [-0.15, -0.1) is 0 Å². The highest BCUT2D eigenvalue weighted by Crippen LogP contribution is 2.29. The van der Waals surface area contributed by atoms with Crippen LogP contribution in [0.4, 0.5) is 5.69 Å². The van der Waals surface area contributed by atoms with E-state index in [4.69, 9.17) is 0 Å². The molecule has 0 aromatic heterocycles. The van der Waals surface area contributed by atoms with Crippen molar-refractivity contribution < 1.29 is 14.4 Å². The van der Waals surface area contributed by atoms with Gasteiger partial charge in [0.25, 0.3) is 5.91 Å². The van der Waals surface area contributed by atoms with Crippen molar-refractivity contribution in [3.8, 4) is 11.8 Å². The van der Waals surface area contributed by atoms with Gasteiger partial charge in [-0.3, -0.25) is 24.7 Å². The highest BCUT2D eigenvalue weighted by atomic mass is 16.2. The normalized spacial score (nSPS) is 13.9. The molecule has 1 fully saturated rings. The summed E-state index contributed by atoms with van der Waals surface area (Å²) in [5.41, 5.74) is 7.03. The summed E-state index contributed by atoms with van der Waals surface area (Å²) in [6.07, 6.45) is 7.81. The van der Waals surface area contributed by atoms with E-state index < -0.39 is 17.9 Å². The number of carbonyl (C=O) groups is 3. The summed E-state index contributed by atoms with van der Waals surface area (Å²) in [7, 11) is 0. The highest BCUT2D eigenvalue weighted by molar-refractivity contribution is 6.06. The molecule has 1 atom stereocenters. The van der Waals surface area contributed by atoms with Gasteiger partial charge in [0.15, 0.2) is 0 Å². The number of amides is 3. The second kappa shape index (κ2) is 14.2. The Labute approximate surface area is 229 Å². The molecule has 0 heterocycles. The minimum absolute atomic E-state index is 0.0922. The SMILES string of the molecule is O=C(C#Cc1ccccc1)NN/C=C\C(=O)N(c1ccccc1)C(C(=O)NC1CCCCC1)c1ccccc1. The number of hydrogen-bond donors (Lipinski definition) is 3. The molecule has 0 radical (unpaired) electrons. The number of hydrazine groups is 1. The molecule has 0 aliphatic heterocycles. The molecule has 1 unspecified atom stereocenters. The van der Waals surface area contributed by atoms with Gasteiger partial charge in [-0.2, -0.15) is 0 Å². The number of para-hydroxylation sites is 1. The summed E-state index contributed by atoms with van der Waals surface area (Å²) >= 11 is 0. The Morgan fingerprint density at radius 2 is 1.44 bits per heavy atom. The molecule has 3 N–H and O–H groups in total. The molecule has 0 bridgehead atoms. The zero-order chi connectivity index (χ0) is 27.3. The van der Waals surface area contributed by atoms with Gasteiger partial charge in [0.1, 0.15) is 6.04 Å². The lowest BCUT2D eigenvalue weighted by Gasteiger charge is -2.33. The Bertz CT molecular complexity index is 1330. The van der Waals surface area contributed by atoms with E-state index in [2.05, 4.69) is 28.0 Å². The number of rotatable bonds is 8. The largest absolute Gasteiger partial charge is 0.351 e. The van der Waals surface area contributed by atoms with Crippen LogP contribution in [0.15, 0.2) is 103 Å². The van der Waals surface area contributed by atoms with Gasteiger partial charge in [0.05, 0.1) is 0 Å². The molecule has 198 valence electrons. The highest BCUT2D eigenvalue weighted by Gasteiger charge is 2.33.